The second-order valence-electron chi connectivity index (χ2n) is 1.76. The van der Waals surface area contributed by atoms with Gasteiger partial charge in [-0.25, -0.2) is 0 Å². The van der Waals surface area contributed by atoms with Gasteiger partial charge < -0.3 is 5.02 Å². The van der Waals surface area contributed by atoms with Crippen LogP contribution in [0.2, 0.25) is 0 Å². The summed E-state index contributed by atoms with van der Waals surface area (Å²) in [5, 5.41) is 9.59. The number of rotatable bonds is 1. The minimum Gasteiger partial charge on any atom is -0.450 e. The molecule has 9 heavy (non-hydrogen) atoms. The predicted molar refractivity (Wildman–Crippen MR) is 43.4 cm³/mol. The molecule has 1 rings (SSSR count). The monoisotopic (exact) mass is 137 g/mol. The first-order valence-electron chi connectivity index (χ1n) is 2.66. The van der Waals surface area contributed by atoms with E-state index in [0.717, 1.165) is 18.2 Å². The number of hydrogen-bond donors (Lipinski definition) is 1. The molecule has 0 amide bonds. The van der Waals surface area contributed by atoms with Crippen LogP contribution in [0.1, 0.15) is 0 Å². The highest BCUT2D eigenvalue weighted by atomic mass is 31.0. The molecule has 1 aromatic rings. The molecule has 0 heterocycles. The lowest BCUT2D eigenvalue weighted by molar-refractivity contribution is 0.615. The molecule has 0 aliphatic heterocycles. The predicted octanol–water partition coefficient (Wildman–Crippen LogP) is -0.576. The Kier molecular flexibility index (Phi) is 2.26. The van der Waals surface area contributed by atoms with Gasteiger partial charge in [0.25, 0.3) is 0 Å². The van der Waals surface area contributed by atoms with Crippen molar-refractivity contribution in [2.75, 3.05) is 0 Å². The summed E-state index contributed by atoms with van der Waals surface area (Å²) in [7, 11) is 3.64. The third kappa shape index (κ3) is 1.54. The van der Waals surface area contributed by atoms with Crippen molar-refractivity contribution in [3.05, 3.63) is 24.3 Å². The van der Waals surface area contributed by atoms with Gasteiger partial charge in [0.15, 0.2) is 0 Å². The van der Waals surface area contributed by atoms with Crippen molar-refractivity contribution in [3.63, 3.8) is 0 Å². The standard InChI is InChI=1S/C6H7BOP/c8-7-5-3-1-2-4-6(5)9/h1-4,8H,9H2. The summed E-state index contributed by atoms with van der Waals surface area (Å²) in [4.78, 5) is 0. The first-order valence-corrected chi connectivity index (χ1v) is 3.24. The third-order valence-electron chi connectivity index (χ3n) is 1.14. The summed E-state index contributed by atoms with van der Waals surface area (Å²) in [5.74, 6) is 0. The van der Waals surface area contributed by atoms with E-state index in [1.807, 2.05) is 24.3 Å². The van der Waals surface area contributed by atoms with Crippen molar-refractivity contribution in [2.24, 2.45) is 0 Å². The molecule has 45 valence electrons. The van der Waals surface area contributed by atoms with E-state index in [0.29, 0.717) is 0 Å². The highest BCUT2D eigenvalue weighted by molar-refractivity contribution is 7.28. The molecule has 1 atom stereocenters. The van der Waals surface area contributed by atoms with Gasteiger partial charge in [-0.2, -0.15) is 0 Å². The molecular weight excluding hydrogens is 130 g/mol. The van der Waals surface area contributed by atoms with Gasteiger partial charge in [-0.05, 0) is 10.8 Å². The highest BCUT2D eigenvalue weighted by Crippen LogP contribution is 1.84. The summed E-state index contributed by atoms with van der Waals surface area (Å²) in [6.45, 7) is 0. The maximum absolute atomic E-state index is 8.58. The Balaban J connectivity index is 3.01. The Bertz CT molecular complexity index is 202. The summed E-state index contributed by atoms with van der Waals surface area (Å²) < 4.78 is 0. The highest BCUT2D eigenvalue weighted by Gasteiger charge is 1.93. The van der Waals surface area contributed by atoms with Gasteiger partial charge in [-0.1, -0.05) is 24.3 Å². The molecule has 3 heteroatoms. The molecule has 0 spiro atoms. The van der Waals surface area contributed by atoms with Crippen molar-refractivity contribution >= 4 is 27.5 Å². The van der Waals surface area contributed by atoms with Crippen LogP contribution >= 0.6 is 9.24 Å². The van der Waals surface area contributed by atoms with Crippen LogP contribution in [-0.2, 0) is 0 Å². The van der Waals surface area contributed by atoms with Crippen LogP contribution < -0.4 is 10.8 Å². The third-order valence-corrected chi connectivity index (χ3v) is 1.66. The van der Waals surface area contributed by atoms with Crippen LogP contribution in [0.3, 0.4) is 0 Å². The van der Waals surface area contributed by atoms with Gasteiger partial charge in [0.05, 0.1) is 0 Å². The zero-order chi connectivity index (χ0) is 6.69. The van der Waals surface area contributed by atoms with E-state index in [1.54, 1.807) is 0 Å². The molecule has 0 bridgehead atoms. The molecule has 0 saturated heterocycles. The largest absolute Gasteiger partial charge is 0.450 e. The molecule has 1 aromatic carbocycles. The van der Waals surface area contributed by atoms with Gasteiger partial charge in [0.1, 0.15) is 0 Å². The zero-order valence-corrected chi connectivity index (χ0v) is 6.07. The van der Waals surface area contributed by atoms with Crippen molar-refractivity contribution in [1.82, 2.24) is 0 Å². The lowest BCUT2D eigenvalue weighted by Gasteiger charge is -1.96. The fraction of sp³-hybridized carbons (Fsp3) is 0. The van der Waals surface area contributed by atoms with Gasteiger partial charge in [-0.3, -0.25) is 0 Å². The van der Waals surface area contributed by atoms with E-state index < -0.39 is 0 Å². The summed E-state index contributed by atoms with van der Waals surface area (Å²) in [5.41, 5.74) is 0.850. The molecule has 1 radical (unpaired) electrons. The van der Waals surface area contributed by atoms with Gasteiger partial charge in [-0.15, -0.1) is 9.24 Å². The van der Waals surface area contributed by atoms with Crippen LogP contribution in [0.15, 0.2) is 24.3 Å². The fourth-order valence-corrected chi connectivity index (χ4v) is 0.910. The topological polar surface area (TPSA) is 20.2 Å². The zero-order valence-electron chi connectivity index (χ0n) is 4.91. The van der Waals surface area contributed by atoms with Crippen LogP contribution in [0.4, 0.5) is 0 Å². The SMILES string of the molecule is O[B]c1ccccc1P. The van der Waals surface area contributed by atoms with Crippen LogP contribution in [-0.4, -0.2) is 12.5 Å². The first-order chi connectivity index (χ1) is 4.34. The van der Waals surface area contributed by atoms with E-state index in [1.165, 1.54) is 0 Å². The lowest BCUT2D eigenvalue weighted by Crippen LogP contribution is -2.25. The van der Waals surface area contributed by atoms with Gasteiger partial charge in [0.2, 0.25) is 0 Å². The van der Waals surface area contributed by atoms with Crippen molar-refractivity contribution in [3.8, 4) is 0 Å². The fourth-order valence-electron chi connectivity index (χ4n) is 0.628. The molecule has 0 saturated carbocycles. The molecule has 1 unspecified atom stereocenters. The van der Waals surface area contributed by atoms with E-state index in [4.69, 9.17) is 5.02 Å². The van der Waals surface area contributed by atoms with Crippen LogP contribution in [0.5, 0.6) is 0 Å². The van der Waals surface area contributed by atoms with Crippen LogP contribution in [0.25, 0.3) is 0 Å². The van der Waals surface area contributed by atoms with E-state index >= 15 is 0 Å². The smallest absolute Gasteiger partial charge is 0.327 e. The van der Waals surface area contributed by atoms with Crippen molar-refractivity contribution in [2.45, 2.75) is 0 Å². The van der Waals surface area contributed by atoms with Gasteiger partial charge in [0, 0.05) is 0 Å². The molecular formula is C6H7BOP. The van der Waals surface area contributed by atoms with Crippen LogP contribution in [0, 0.1) is 0 Å². The Morgan fingerprint density at radius 2 is 2.00 bits per heavy atom. The lowest BCUT2D eigenvalue weighted by atomic mass is 9.89. The van der Waals surface area contributed by atoms with Gasteiger partial charge >= 0.3 is 7.48 Å². The average Bonchev–Trinajstić information content (AvgIpc) is 1.89. The molecule has 1 nitrogen and oxygen atoms in total. The number of hydrogen-bond acceptors (Lipinski definition) is 1. The second kappa shape index (κ2) is 3.00. The molecule has 0 aromatic heterocycles. The minimum absolute atomic E-state index is 0.850. The van der Waals surface area contributed by atoms with E-state index in [2.05, 4.69) is 9.24 Å². The molecule has 0 aliphatic carbocycles. The average molecular weight is 137 g/mol. The second-order valence-corrected chi connectivity index (χ2v) is 2.38. The summed E-state index contributed by atoms with van der Waals surface area (Å²) in [6.07, 6.45) is 0. The van der Waals surface area contributed by atoms with Crippen molar-refractivity contribution in [1.29, 1.82) is 0 Å². The van der Waals surface area contributed by atoms with E-state index in [-0.39, 0.29) is 0 Å². The Labute approximate surface area is 57.6 Å². The maximum atomic E-state index is 8.58. The van der Waals surface area contributed by atoms with E-state index in [9.17, 15) is 0 Å². The Morgan fingerprint density at radius 3 is 2.44 bits per heavy atom. The Morgan fingerprint density at radius 1 is 1.33 bits per heavy atom. The summed E-state index contributed by atoms with van der Waals surface area (Å²) >= 11 is 0. The summed E-state index contributed by atoms with van der Waals surface area (Å²) in [6, 6.07) is 7.58. The molecule has 1 N–H and O–H groups in total. The van der Waals surface area contributed by atoms with Crippen molar-refractivity contribution < 1.29 is 5.02 Å². The molecule has 0 fully saturated rings. The first kappa shape index (κ1) is 6.79. The minimum atomic E-state index is 0.850. The Hall–Kier alpha value is -0.325. The number of benzene rings is 1. The molecule has 0 aliphatic rings. The normalized spacial score (nSPS) is 9.11. The maximum Gasteiger partial charge on any atom is 0.327 e. The quantitative estimate of drug-likeness (QED) is 0.405.